The Balaban J connectivity index is 2.14. The van der Waals surface area contributed by atoms with Gasteiger partial charge in [-0.15, -0.1) is 0 Å². The topological polar surface area (TPSA) is 26.0 Å². The molecule has 2 aliphatic rings. The van der Waals surface area contributed by atoms with Gasteiger partial charge in [0.05, 0.1) is 0 Å². The standard InChI is InChI=1S/C14H19N/c1-10-3-4-11-5-6-13(15)14(7-2-8-14)12(11)9-10/h3-4,9,13H,2,5-8,15H2,1H3. The molecule has 1 aromatic carbocycles. The van der Waals surface area contributed by atoms with Gasteiger partial charge in [0.25, 0.3) is 0 Å². The zero-order chi connectivity index (χ0) is 10.5. The SMILES string of the molecule is Cc1ccc2c(c1)C1(CCC1)C(N)CC2. The van der Waals surface area contributed by atoms with Crippen LogP contribution < -0.4 is 5.73 Å². The second-order valence-corrected chi connectivity index (χ2v) is 5.32. The Morgan fingerprint density at radius 3 is 2.80 bits per heavy atom. The summed E-state index contributed by atoms with van der Waals surface area (Å²) in [5.74, 6) is 0. The minimum absolute atomic E-state index is 0.361. The predicted octanol–water partition coefficient (Wildman–Crippen LogP) is 2.69. The molecule has 0 heterocycles. The molecule has 0 radical (unpaired) electrons. The minimum Gasteiger partial charge on any atom is -0.327 e. The lowest BCUT2D eigenvalue weighted by atomic mass is 9.56. The third-order valence-corrected chi connectivity index (χ3v) is 4.48. The predicted molar refractivity (Wildman–Crippen MR) is 63.0 cm³/mol. The van der Waals surface area contributed by atoms with Crippen molar-refractivity contribution in [1.29, 1.82) is 0 Å². The highest BCUT2D eigenvalue weighted by atomic mass is 14.7. The second kappa shape index (κ2) is 3.08. The van der Waals surface area contributed by atoms with E-state index < -0.39 is 0 Å². The molecule has 1 saturated carbocycles. The van der Waals surface area contributed by atoms with E-state index in [-0.39, 0.29) is 0 Å². The van der Waals surface area contributed by atoms with Gasteiger partial charge in [0.15, 0.2) is 0 Å². The normalized spacial score (nSPS) is 27.2. The van der Waals surface area contributed by atoms with Crippen LogP contribution in [0.5, 0.6) is 0 Å². The highest BCUT2D eigenvalue weighted by Crippen LogP contribution is 2.50. The Morgan fingerprint density at radius 2 is 2.13 bits per heavy atom. The number of hydrogen-bond donors (Lipinski definition) is 1. The first-order valence-corrected chi connectivity index (χ1v) is 6.08. The minimum atomic E-state index is 0.361. The van der Waals surface area contributed by atoms with E-state index >= 15 is 0 Å². The average Bonchev–Trinajstić information content (AvgIpc) is 2.14. The third kappa shape index (κ3) is 1.19. The molecule has 2 N–H and O–H groups in total. The number of hydrogen-bond acceptors (Lipinski definition) is 1. The smallest absolute Gasteiger partial charge is 0.0140 e. The Hall–Kier alpha value is -0.820. The molecule has 1 heteroatoms. The third-order valence-electron chi connectivity index (χ3n) is 4.48. The maximum absolute atomic E-state index is 6.34. The molecule has 1 aromatic rings. The van der Waals surface area contributed by atoms with Crippen molar-refractivity contribution in [3.63, 3.8) is 0 Å². The first-order valence-electron chi connectivity index (χ1n) is 6.08. The van der Waals surface area contributed by atoms with Gasteiger partial charge in [0, 0.05) is 11.5 Å². The van der Waals surface area contributed by atoms with Crippen molar-refractivity contribution < 1.29 is 0 Å². The van der Waals surface area contributed by atoms with E-state index in [4.69, 9.17) is 5.73 Å². The van der Waals surface area contributed by atoms with E-state index in [1.165, 1.54) is 37.7 Å². The van der Waals surface area contributed by atoms with Gasteiger partial charge in [-0.1, -0.05) is 30.2 Å². The van der Waals surface area contributed by atoms with Gasteiger partial charge in [-0.05, 0) is 43.7 Å². The lowest BCUT2D eigenvalue weighted by Gasteiger charge is -2.50. The fraction of sp³-hybridized carbons (Fsp3) is 0.571. The van der Waals surface area contributed by atoms with Crippen LogP contribution in [0.1, 0.15) is 42.4 Å². The molecule has 1 atom stereocenters. The average molecular weight is 201 g/mol. The van der Waals surface area contributed by atoms with Crippen LogP contribution in [-0.2, 0) is 11.8 Å². The Labute approximate surface area is 91.7 Å². The van der Waals surface area contributed by atoms with Crippen LogP contribution in [0, 0.1) is 6.92 Å². The molecule has 0 aliphatic heterocycles. The number of rotatable bonds is 0. The van der Waals surface area contributed by atoms with Crippen LogP contribution >= 0.6 is 0 Å². The molecular formula is C14H19N. The summed E-state index contributed by atoms with van der Waals surface area (Å²) in [5, 5.41) is 0. The highest BCUT2D eigenvalue weighted by Gasteiger charge is 2.46. The second-order valence-electron chi connectivity index (χ2n) is 5.32. The van der Waals surface area contributed by atoms with Gasteiger partial charge < -0.3 is 5.73 Å². The van der Waals surface area contributed by atoms with Gasteiger partial charge in [-0.3, -0.25) is 0 Å². The summed E-state index contributed by atoms with van der Waals surface area (Å²) in [6, 6.07) is 7.34. The van der Waals surface area contributed by atoms with Crippen molar-refractivity contribution in [3.05, 3.63) is 34.9 Å². The fourth-order valence-electron chi connectivity index (χ4n) is 3.36. The van der Waals surface area contributed by atoms with Gasteiger partial charge in [-0.25, -0.2) is 0 Å². The van der Waals surface area contributed by atoms with Gasteiger partial charge in [-0.2, -0.15) is 0 Å². The van der Waals surface area contributed by atoms with Gasteiger partial charge in [0.1, 0.15) is 0 Å². The number of aryl methyl sites for hydroxylation is 2. The summed E-state index contributed by atoms with van der Waals surface area (Å²) in [6.45, 7) is 2.19. The maximum Gasteiger partial charge on any atom is 0.0140 e. The van der Waals surface area contributed by atoms with Crippen molar-refractivity contribution >= 4 is 0 Å². The van der Waals surface area contributed by atoms with Crippen molar-refractivity contribution in [2.24, 2.45) is 5.73 Å². The zero-order valence-electron chi connectivity index (χ0n) is 9.42. The number of fused-ring (bicyclic) bond motifs is 2. The van der Waals surface area contributed by atoms with Crippen LogP contribution in [0.4, 0.5) is 0 Å². The van der Waals surface area contributed by atoms with Crippen molar-refractivity contribution in [2.75, 3.05) is 0 Å². The van der Waals surface area contributed by atoms with E-state index in [0.29, 0.717) is 11.5 Å². The molecular weight excluding hydrogens is 182 g/mol. The van der Waals surface area contributed by atoms with Crippen molar-refractivity contribution in [3.8, 4) is 0 Å². The summed E-state index contributed by atoms with van der Waals surface area (Å²) in [6.07, 6.45) is 6.34. The maximum atomic E-state index is 6.34. The van der Waals surface area contributed by atoms with E-state index in [0.717, 1.165) is 0 Å². The molecule has 1 nitrogen and oxygen atoms in total. The molecule has 2 aliphatic carbocycles. The summed E-state index contributed by atoms with van der Waals surface area (Å²) >= 11 is 0. The van der Waals surface area contributed by atoms with Crippen molar-refractivity contribution in [1.82, 2.24) is 0 Å². The van der Waals surface area contributed by atoms with Crippen molar-refractivity contribution in [2.45, 2.75) is 50.5 Å². The fourth-order valence-corrected chi connectivity index (χ4v) is 3.36. The molecule has 0 bridgehead atoms. The van der Waals surface area contributed by atoms with E-state index in [1.807, 2.05) is 0 Å². The quantitative estimate of drug-likeness (QED) is 0.686. The van der Waals surface area contributed by atoms with Crippen LogP contribution in [0.3, 0.4) is 0 Å². The Kier molecular flexibility index (Phi) is 1.93. The molecule has 1 unspecified atom stereocenters. The lowest BCUT2D eigenvalue weighted by molar-refractivity contribution is 0.176. The van der Waals surface area contributed by atoms with Crippen LogP contribution in [-0.4, -0.2) is 6.04 Å². The first-order chi connectivity index (χ1) is 7.22. The molecule has 1 fully saturated rings. The number of nitrogens with two attached hydrogens (primary N) is 1. The Bertz CT molecular complexity index is 390. The lowest BCUT2D eigenvalue weighted by Crippen LogP contribution is -2.53. The van der Waals surface area contributed by atoms with Gasteiger partial charge in [0.2, 0.25) is 0 Å². The summed E-state index contributed by atoms with van der Waals surface area (Å²) in [4.78, 5) is 0. The van der Waals surface area contributed by atoms with Gasteiger partial charge >= 0.3 is 0 Å². The van der Waals surface area contributed by atoms with E-state index in [2.05, 4.69) is 25.1 Å². The van der Waals surface area contributed by atoms with Crippen LogP contribution in [0.25, 0.3) is 0 Å². The molecule has 3 rings (SSSR count). The molecule has 80 valence electrons. The molecule has 0 aromatic heterocycles. The summed E-state index contributed by atoms with van der Waals surface area (Å²) in [7, 11) is 0. The van der Waals surface area contributed by atoms with Crippen LogP contribution in [0.15, 0.2) is 18.2 Å². The summed E-state index contributed by atoms with van der Waals surface area (Å²) in [5.41, 5.74) is 11.2. The van der Waals surface area contributed by atoms with Crippen LogP contribution in [0.2, 0.25) is 0 Å². The molecule has 0 amide bonds. The molecule has 1 spiro atoms. The zero-order valence-corrected chi connectivity index (χ0v) is 9.42. The molecule has 0 saturated heterocycles. The first kappa shape index (κ1) is 9.41. The summed E-state index contributed by atoms with van der Waals surface area (Å²) < 4.78 is 0. The van der Waals surface area contributed by atoms with E-state index in [9.17, 15) is 0 Å². The monoisotopic (exact) mass is 201 g/mol. The largest absolute Gasteiger partial charge is 0.327 e. The van der Waals surface area contributed by atoms with E-state index in [1.54, 1.807) is 11.1 Å². The Morgan fingerprint density at radius 1 is 1.33 bits per heavy atom. The molecule has 15 heavy (non-hydrogen) atoms. The highest BCUT2D eigenvalue weighted by molar-refractivity contribution is 5.42. The number of benzene rings is 1.